The quantitative estimate of drug-likeness (QED) is 0.652. The molecule has 7 heteroatoms. The first-order valence-corrected chi connectivity index (χ1v) is 8.22. The molecule has 140 valence electrons. The summed E-state index contributed by atoms with van der Waals surface area (Å²) < 4.78 is 33.0. The lowest BCUT2D eigenvalue weighted by Crippen LogP contribution is -2.15. The van der Waals surface area contributed by atoms with Gasteiger partial charge in [0, 0.05) is 23.3 Å². The molecule has 7 nitrogen and oxygen atoms in total. The number of fused-ring (bicyclic) bond motifs is 5. The van der Waals surface area contributed by atoms with Crippen molar-refractivity contribution in [1.29, 1.82) is 0 Å². The fraction of sp³-hybridized carbons (Fsp3) is 0.250. The molecule has 0 fully saturated rings. The second-order valence-corrected chi connectivity index (χ2v) is 5.95. The molecule has 0 radical (unpaired) electrons. The van der Waals surface area contributed by atoms with Crippen LogP contribution in [-0.2, 0) is 6.61 Å². The lowest BCUT2D eigenvalue weighted by Gasteiger charge is -2.23. The molecule has 0 aliphatic carbocycles. The summed E-state index contributed by atoms with van der Waals surface area (Å²) >= 11 is 0. The minimum absolute atomic E-state index is 0.274. The number of methoxy groups -OCH3 is 4. The smallest absolute Gasteiger partial charge is 0.348 e. The van der Waals surface area contributed by atoms with Crippen LogP contribution in [-0.4, -0.2) is 28.4 Å². The van der Waals surface area contributed by atoms with Gasteiger partial charge in [-0.2, -0.15) is 0 Å². The highest BCUT2D eigenvalue weighted by Gasteiger charge is 2.28. The Bertz CT molecular complexity index is 1100. The zero-order chi connectivity index (χ0) is 19.1. The summed E-state index contributed by atoms with van der Waals surface area (Å²) in [4.78, 5) is 12.8. The van der Waals surface area contributed by atoms with Crippen LogP contribution in [0, 0.1) is 0 Å². The van der Waals surface area contributed by atoms with Crippen LogP contribution in [0.3, 0.4) is 0 Å². The van der Waals surface area contributed by atoms with Crippen molar-refractivity contribution in [2.45, 2.75) is 6.61 Å². The van der Waals surface area contributed by atoms with Gasteiger partial charge in [-0.15, -0.1) is 0 Å². The van der Waals surface area contributed by atoms with Crippen LogP contribution in [0.2, 0.25) is 0 Å². The minimum atomic E-state index is -0.513. The lowest BCUT2D eigenvalue weighted by molar-refractivity contribution is 0.299. The topological polar surface area (TPSA) is 76.4 Å². The SMILES string of the molecule is COc1cc(OC)c2c3c(c(=O)oc2c1)-c1cc(OC)c(OC)cc1CO3. The summed E-state index contributed by atoms with van der Waals surface area (Å²) in [5, 5.41) is 0.577. The Labute approximate surface area is 155 Å². The van der Waals surface area contributed by atoms with Crippen molar-refractivity contribution >= 4 is 11.0 Å². The van der Waals surface area contributed by atoms with Crippen LogP contribution in [0.25, 0.3) is 22.1 Å². The molecule has 1 aliphatic heterocycles. The van der Waals surface area contributed by atoms with Crippen LogP contribution < -0.4 is 29.3 Å². The number of rotatable bonds is 4. The summed E-state index contributed by atoms with van der Waals surface area (Å²) in [6.07, 6.45) is 0. The molecule has 1 aromatic heterocycles. The van der Waals surface area contributed by atoms with E-state index in [0.29, 0.717) is 50.8 Å². The normalized spacial score (nSPS) is 12.0. The fourth-order valence-corrected chi connectivity index (χ4v) is 3.32. The maximum atomic E-state index is 12.8. The van der Waals surface area contributed by atoms with Crippen molar-refractivity contribution in [1.82, 2.24) is 0 Å². The van der Waals surface area contributed by atoms with Crippen LogP contribution in [0.15, 0.2) is 33.5 Å². The van der Waals surface area contributed by atoms with E-state index in [2.05, 4.69) is 0 Å². The van der Waals surface area contributed by atoms with Gasteiger partial charge in [0.15, 0.2) is 11.5 Å². The van der Waals surface area contributed by atoms with Gasteiger partial charge < -0.3 is 28.1 Å². The van der Waals surface area contributed by atoms with Gasteiger partial charge >= 0.3 is 5.63 Å². The predicted octanol–water partition coefficient (Wildman–Crippen LogP) is 3.39. The van der Waals surface area contributed by atoms with Crippen LogP contribution in [0.5, 0.6) is 28.7 Å². The zero-order valence-electron chi connectivity index (χ0n) is 15.4. The molecular formula is C20H18O7. The number of ether oxygens (including phenoxy) is 5. The monoisotopic (exact) mass is 370 g/mol. The van der Waals surface area contributed by atoms with E-state index in [-0.39, 0.29) is 6.61 Å². The predicted molar refractivity (Wildman–Crippen MR) is 98.5 cm³/mol. The molecule has 3 aromatic rings. The van der Waals surface area contributed by atoms with Crippen molar-refractivity contribution < 1.29 is 28.1 Å². The second kappa shape index (κ2) is 6.42. The molecule has 0 spiro atoms. The summed E-state index contributed by atoms with van der Waals surface area (Å²) in [7, 11) is 6.17. The molecule has 4 rings (SSSR count). The van der Waals surface area contributed by atoms with E-state index in [1.54, 1.807) is 38.5 Å². The summed E-state index contributed by atoms with van der Waals surface area (Å²) in [5.41, 5.74) is 1.63. The molecule has 0 amide bonds. The maximum absolute atomic E-state index is 12.8. The molecule has 27 heavy (non-hydrogen) atoms. The molecule has 0 saturated heterocycles. The van der Waals surface area contributed by atoms with Gasteiger partial charge in [0.05, 0.1) is 28.4 Å². The van der Waals surface area contributed by atoms with Gasteiger partial charge in [0.2, 0.25) is 0 Å². The van der Waals surface area contributed by atoms with Crippen LogP contribution in [0.4, 0.5) is 0 Å². The standard InChI is InChI=1S/C20H18O7/c1-22-11-6-15(25-4)18-16(7-11)27-20(21)17-12-8-14(24-3)13(23-2)5-10(12)9-26-19(17)18/h5-8H,9H2,1-4H3. The van der Waals surface area contributed by atoms with E-state index in [4.69, 9.17) is 28.1 Å². The summed E-state index contributed by atoms with van der Waals surface area (Å²) in [6, 6.07) is 6.91. The maximum Gasteiger partial charge on any atom is 0.348 e. The fourth-order valence-electron chi connectivity index (χ4n) is 3.32. The number of benzene rings is 2. The first kappa shape index (κ1) is 17.1. The molecule has 0 bridgehead atoms. The molecular weight excluding hydrogens is 352 g/mol. The van der Waals surface area contributed by atoms with Gasteiger partial charge in [-0.25, -0.2) is 4.79 Å². The lowest BCUT2D eigenvalue weighted by atomic mass is 9.96. The molecule has 2 aromatic carbocycles. The molecule has 0 N–H and O–H groups in total. The highest BCUT2D eigenvalue weighted by atomic mass is 16.5. The van der Waals surface area contributed by atoms with Crippen molar-refractivity contribution in [2.24, 2.45) is 0 Å². The van der Waals surface area contributed by atoms with E-state index in [9.17, 15) is 4.79 Å². The Hall–Kier alpha value is -3.35. The van der Waals surface area contributed by atoms with E-state index >= 15 is 0 Å². The van der Waals surface area contributed by atoms with Crippen molar-refractivity contribution in [3.8, 4) is 39.9 Å². The molecule has 2 heterocycles. The minimum Gasteiger partial charge on any atom is -0.496 e. The van der Waals surface area contributed by atoms with E-state index < -0.39 is 5.63 Å². The number of hydrogen-bond acceptors (Lipinski definition) is 7. The Balaban J connectivity index is 2.07. The van der Waals surface area contributed by atoms with E-state index in [1.165, 1.54) is 14.2 Å². The van der Waals surface area contributed by atoms with Gasteiger partial charge in [0.25, 0.3) is 0 Å². The second-order valence-electron chi connectivity index (χ2n) is 5.95. The molecule has 1 aliphatic rings. The third kappa shape index (κ3) is 2.54. The van der Waals surface area contributed by atoms with Crippen molar-refractivity contribution in [2.75, 3.05) is 28.4 Å². The molecule has 0 unspecified atom stereocenters. The molecule has 0 saturated carbocycles. The largest absolute Gasteiger partial charge is 0.496 e. The van der Waals surface area contributed by atoms with Crippen LogP contribution in [0.1, 0.15) is 5.56 Å². The molecule has 0 atom stereocenters. The highest BCUT2D eigenvalue weighted by Crippen LogP contribution is 2.47. The van der Waals surface area contributed by atoms with Crippen molar-refractivity contribution in [3.05, 3.63) is 40.2 Å². The third-order valence-corrected chi connectivity index (χ3v) is 4.61. The first-order valence-electron chi connectivity index (χ1n) is 8.22. The zero-order valence-corrected chi connectivity index (χ0v) is 15.4. The first-order chi connectivity index (χ1) is 13.1. The summed E-state index contributed by atoms with van der Waals surface area (Å²) in [5.74, 6) is 2.51. The Morgan fingerprint density at radius 1 is 0.852 bits per heavy atom. The average molecular weight is 370 g/mol. The Kier molecular flexibility index (Phi) is 4.07. The Morgan fingerprint density at radius 2 is 1.56 bits per heavy atom. The number of hydrogen-bond donors (Lipinski definition) is 0. The van der Waals surface area contributed by atoms with Gasteiger partial charge in [0.1, 0.15) is 40.4 Å². The van der Waals surface area contributed by atoms with E-state index in [1.807, 2.05) is 0 Å². The van der Waals surface area contributed by atoms with Gasteiger partial charge in [-0.1, -0.05) is 0 Å². The van der Waals surface area contributed by atoms with E-state index in [0.717, 1.165) is 5.56 Å². The van der Waals surface area contributed by atoms with Gasteiger partial charge in [-0.3, -0.25) is 0 Å². The average Bonchev–Trinajstić information content (AvgIpc) is 2.70. The van der Waals surface area contributed by atoms with Gasteiger partial charge in [-0.05, 0) is 12.1 Å². The van der Waals surface area contributed by atoms with Crippen LogP contribution >= 0.6 is 0 Å². The Morgan fingerprint density at radius 3 is 2.22 bits per heavy atom. The highest BCUT2D eigenvalue weighted by molar-refractivity contribution is 5.97. The summed E-state index contributed by atoms with van der Waals surface area (Å²) in [6.45, 7) is 0.274. The third-order valence-electron chi connectivity index (χ3n) is 4.61. The van der Waals surface area contributed by atoms with Crippen molar-refractivity contribution in [3.63, 3.8) is 0 Å².